The lowest BCUT2D eigenvalue weighted by Gasteiger charge is -2.29. The molecule has 2 aliphatic rings. The number of ketones is 2. The van der Waals surface area contributed by atoms with Crippen molar-refractivity contribution < 1.29 is 42.7 Å². The minimum atomic E-state index is -1.08. The van der Waals surface area contributed by atoms with Gasteiger partial charge in [0.1, 0.15) is 25.4 Å². The molecule has 0 aliphatic carbocycles. The number of likely N-dealkylation sites (tertiary alicyclic amines) is 1. The second kappa shape index (κ2) is 31.9. The quantitative estimate of drug-likeness (QED) is 0.0793. The topological polar surface area (TPSA) is 251 Å². The van der Waals surface area contributed by atoms with Crippen LogP contribution in [0.1, 0.15) is 93.4 Å². The second-order valence-electron chi connectivity index (χ2n) is 20.7. The maximum atomic E-state index is 14.4. The molecule has 2 fully saturated rings. The molecule has 2 aliphatic heterocycles. The van der Waals surface area contributed by atoms with Crippen molar-refractivity contribution in [2.75, 3.05) is 13.1 Å². The number of halogens is 3. The molecule has 4 atom stereocenters. The number of primary amides is 2. The Kier molecular flexibility index (Phi) is 25.6. The minimum Gasteiger partial charge on any atom is -0.480 e. The van der Waals surface area contributed by atoms with Crippen LogP contribution in [0.5, 0.6) is 0 Å². The number of nitrogens with zero attached hydrogens (tertiary/aromatic N) is 7. The Bertz CT molecular complexity index is 3650. The number of fused-ring (bicyclic) bond motifs is 2. The first-order valence-corrected chi connectivity index (χ1v) is 28.4. The van der Waals surface area contributed by atoms with Gasteiger partial charge in [-0.2, -0.15) is 13.5 Å². The third kappa shape index (κ3) is 18.4. The fourth-order valence-corrected chi connectivity index (χ4v) is 10.3. The molecule has 8 heterocycles. The smallest absolute Gasteiger partial charge is 0.323 e. The van der Waals surface area contributed by atoms with E-state index < -0.39 is 36.2 Å². The molecule has 448 valence electrons. The van der Waals surface area contributed by atoms with E-state index in [0.29, 0.717) is 70.9 Å². The number of benzene rings is 2. The van der Waals surface area contributed by atoms with Gasteiger partial charge in [0.15, 0.2) is 11.6 Å². The van der Waals surface area contributed by atoms with Gasteiger partial charge >= 0.3 is 5.97 Å². The molecular weight excluding hydrogens is 1170 g/mol. The SMILES string of the molecule is Cc1ccc(-c2ccc3c(c2)c(C(N)=O)cn3CC(=O)N2CCC(F)CC[C@H]2C(=O)Cc2cccc(C)n2)cn1.Cc1ccc(-c2ccc3c(c2)c(C(N)=O)cn3CC(=O)O)cn1.Cc1cccc(CC(=O)[C@@H]2CCC(F)CCN2)n1.Cl.S.S=S. The molecule has 2 saturated heterocycles. The number of carbonyl (C=O) groups excluding carboxylic acids is 5. The van der Waals surface area contributed by atoms with E-state index in [4.69, 9.17) is 16.6 Å². The number of aromatic nitrogens is 6. The van der Waals surface area contributed by atoms with Crippen molar-refractivity contribution in [3.8, 4) is 22.3 Å². The molecular formula is C62H69ClF2N10O7S3. The van der Waals surface area contributed by atoms with E-state index >= 15 is 0 Å². The van der Waals surface area contributed by atoms with Gasteiger partial charge in [-0.1, -0.05) is 36.4 Å². The van der Waals surface area contributed by atoms with E-state index in [-0.39, 0.29) is 94.7 Å². The molecule has 0 spiro atoms. The molecule has 0 bridgehead atoms. The summed E-state index contributed by atoms with van der Waals surface area (Å²) in [5.41, 5.74) is 21.6. The van der Waals surface area contributed by atoms with Crippen molar-refractivity contribution in [1.82, 2.24) is 39.3 Å². The lowest BCUT2D eigenvalue weighted by molar-refractivity contribution is -0.139. The number of amides is 3. The lowest BCUT2D eigenvalue weighted by Crippen LogP contribution is -2.46. The van der Waals surface area contributed by atoms with Crippen LogP contribution in [0, 0.1) is 27.7 Å². The highest BCUT2D eigenvalue weighted by molar-refractivity contribution is 8.07. The third-order valence-electron chi connectivity index (χ3n) is 14.5. The zero-order valence-electron chi connectivity index (χ0n) is 47.5. The Balaban J connectivity index is 0.000000249. The van der Waals surface area contributed by atoms with Crippen LogP contribution in [-0.2, 0) is 67.5 Å². The Hall–Kier alpha value is -7.76. The molecule has 2 aromatic carbocycles. The molecule has 2 unspecified atom stereocenters. The van der Waals surface area contributed by atoms with Gasteiger partial charge < -0.3 is 35.9 Å². The number of carbonyl (C=O) groups is 6. The first-order valence-electron chi connectivity index (χ1n) is 27.1. The summed E-state index contributed by atoms with van der Waals surface area (Å²) in [7, 11) is 0. The molecule has 3 amide bonds. The number of Topliss-reactive ketones (excluding diaryl/α,β-unsaturated/α-hetero) is 2. The predicted octanol–water partition coefficient (Wildman–Crippen LogP) is 9.05. The van der Waals surface area contributed by atoms with Gasteiger partial charge in [0.05, 0.1) is 36.1 Å². The number of nitrogens with one attached hydrogen (secondary N) is 1. The van der Waals surface area contributed by atoms with Gasteiger partial charge in [-0.05, 0) is 145 Å². The first kappa shape index (κ1) is 68.0. The summed E-state index contributed by atoms with van der Waals surface area (Å²) in [5, 5.41) is 13.4. The van der Waals surface area contributed by atoms with E-state index in [1.54, 1.807) is 35.3 Å². The number of alkyl halides is 2. The molecule has 6 aromatic heterocycles. The van der Waals surface area contributed by atoms with Crippen molar-refractivity contribution in [1.29, 1.82) is 0 Å². The van der Waals surface area contributed by atoms with E-state index in [1.807, 2.05) is 113 Å². The zero-order valence-corrected chi connectivity index (χ0v) is 51.0. The van der Waals surface area contributed by atoms with Crippen molar-refractivity contribution in [2.45, 2.75) is 117 Å². The molecule has 0 radical (unpaired) electrons. The van der Waals surface area contributed by atoms with E-state index in [1.165, 1.54) is 15.7 Å². The maximum absolute atomic E-state index is 14.4. The van der Waals surface area contributed by atoms with Crippen LogP contribution < -0.4 is 16.8 Å². The number of carboxylic acids is 1. The van der Waals surface area contributed by atoms with Crippen LogP contribution in [0.4, 0.5) is 8.78 Å². The Morgan fingerprint density at radius 1 is 0.600 bits per heavy atom. The average Bonchev–Trinajstić information content (AvgIpc) is 3.18. The summed E-state index contributed by atoms with van der Waals surface area (Å²) in [5.74, 6) is -2.54. The first-order chi connectivity index (χ1) is 39.8. The fraction of sp³-hybridized carbons (Fsp3) is 0.323. The third-order valence-corrected chi connectivity index (χ3v) is 14.5. The summed E-state index contributed by atoms with van der Waals surface area (Å²) in [6.07, 6.45) is 7.36. The molecule has 8 aromatic rings. The summed E-state index contributed by atoms with van der Waals surface area (Å²) >= 11 is 7.33. The van der Waals surface area contributed by atoms with Crippen LogP contribution in [0.15, 0.2) is 122 Å². The minimum absolute atomic E-state index is 0. The van der Waals surface area contributed by atoms with Crippen molar-refractivity contribution in [3.63, 3.8) is 0 Å². The van der Waals surface area contributed by atoms with Crippen molar-refractivity contribution in [2.24, 2.45) is 11.5 Å². The summed E-state index contributed by atoms with van der Waals surface area (Å²) in [4.78, 5) is 93.0. The van der Waals surface area contributed by atoms with Crippen molar-refractivity contribution in [3.05, 3.63) is 167 Å². The molecule has 23 heteroatoms. The zero-order chi connectivity index (χ0) is 59.9. The monoisotopic (exact) mass is 1230 g/mol. The molecule has 85 heavy (non-hydrogen) atoms. The van der Waals surface area contributed by atoms with E-state index in [2.05, 4.69) is 47.6 Å². The Morgan fingerprint density at radius 2 is 1.07 bits per heavy atom. The number of rotatable bonds is 14. The summed E-state index contributed by atoms with van der Waals surface area (Å²) < 4.78 is 30.8. The normalized spacial score (nSPS) is 16.4. The van der Waals surface area contributed by atoms with Crippen LogP contribution in [0.2, 0.25) is 0 Å². The fourth-order valence-electron chi connectivity index (χ4n) is 10.3. The molecule has 6 N–H and O–H groups in total. The number of hydrogen-bond donors (Lipinski definition) is 4. The van der Waals surface area contributed by atoms with Crippen LogP contribution >= 0.6 is 25.9 Å². The van der Waals surface area contributed by atoms with Gasteiger partial charge in [0.2, 0.25) is 5.91 Å². The molecule has 17 nitrogen and oxygen atoms in total. The van der Waals surface area contributed by atoms with Gasteiger partial charge in [0.25, 0.3) is 11.8 Å². The highest BCUT2D eigenvalue weighted by Crippen LogP contribution is 2.31. The average molecular weight is 1240 g/mol. The van der Waals surface area contributed by atoms with Crippen LogP contribution in [0.25, 0.3) is 44.1 Å². The largest absolute Gasteiger partial charge is 0.480 e. The highest BCUT2D eigenvalue weighted by atomic mass is 35.5. The van der Waals surface area contributed by atoms with Crippen LogP contribution in [-0.4, -0.2) is 112 Å². The molecule has 10 rings (SSSR count). The maximum Gasteiger partial charge on any atom is 0.323 e. The van der Waals surface area contributed by atoms with Gasteiger partial charge in [-0.25, -0.2) is 8.78 Å². The number of aryl methyl sites for hydroxylation is 4. The van der Waals surface area contributed by atoms with Gasteiger partial charge in [0, 0.05) is 121 Å². The molecule has 0 saturated carbocycles. The van der Waals surface area contributed by atoms with Crippen molar-refractivity contribution >= 4 is 105 Å². The predicted molar refractivity (Wildman–Crippen MR) is 337 cm³/mol. The second-order valence-corrected chi connectivity index (χ2v) is 20.7. The van der Waals surface area contributed by atoms with E-state index in [9.17, 15) is 37.5 Å². The number of nitrogens with two attached hydrogens (primary N) is 2. The number of carboxylic acid groups (broad SMARTS) is 1. The Morgan fingerprint density at radius 3 is 1.54 bits per heavy atom. The van der Waals surface area contributed by atoms with E-state index in [0.717, 1.165) is 50.7 Å². The van der Waals surface area contributed by atoms with Crippen LogP contribution in [0.3, 0.4) is 0 Å². The number of pyridine rings is 4. The van der Waals surface area contributed by atoms with Gasteiger partial charge in [-0.3, -0.25) is 48.7 Å². The summed E-state index contributed by atoms with van der Waals surface area (Å²) in [6.45, 7) is 7.96. The number of hydrogen-bond acceptors (Lipinski definition) is 13. The standard InChI is InChI=1S/C31H32FN5O3.C17H15N3O3.C14H19FN2O.ClH.S2.H2S/c1-19-6-7-22(16-34-19)21-8-10-27-25(14-21)26(31(33)40)17-36(27)18-30(39)37-13-12-23(32)9-11-28(37)29(38)15-24-5-3-4-20(2)35-24;1-10-2-3-12(7-19-10)11-4-5-15-13(6-11)14(17(18)23)8-20(15)9-16(21)22;1-10-3-2-4-12(17-10)9-14(18)13-6-5-11(15)7-8-16-13;;1-2;/h3-8,10,14,16-17,23,28H,9,11-13,15,18H2,1-2H3,(H2,33,40);2-8H,9H2,1H3,(H2,18,23)(H,21,22);2-4,11,13,16H,5-9H2,1H3;1H;;1H2/t23?,28-;;11?,13-;;;/m0.0.../s1. The highest BCUT2D eigenvalue weighted by Gasteiger charge is 2.34. The lowest BCUT2D eigenvalue weighted by atomic mass is 10.0. The number of aliphatic carboxylic acids is 1. The Labute approximate surface area is 514 Å². The summed E-state index contributed by atoms with van der Waals surface area (Å²) in [6, 6.07) is 29.0. The van der Waals surface area contributed by atoms with Gasteiger partial charge in [-0.15, -0.1) is 12.4 Å².